The van der Waals surface area contributed by atoms with Gasteiger partial charge in [-0.1, -0.05) is 0 Å². The van der Waals surface area contributed by atoms with E-state index in [0.717, 1.165) is 24.8 Å². The van der Waals surface area contributed by atoms with Gasteiger partial charge in [0.05, 0.1) is 6.26 Å². The number of hydrogen-bond acceptors (Lipinski definition) is 3. The Morgan fingerprint density at radius 3 is 3.29 bits per heavy atom. The average Bonchev–Trinajstić information content (AvgIpc) is 2.86. The van der Waals surface area contributed by atoms with Crippen molar-refractivity contribution in [2.24, 2.45) is 0 Å². The molecule has 1 aromatic heterocycles. The highest BCUT2D eigenvalue weighted by molar-refractivity contribution is 7.99. The van der Waals surface area contributed by atoms with E-state index in [-0.39, 0.29) is 0 Å². The Kier molecular flexibility index (Phi) is 3.95. The van der Waals surface area contributed by atoms with E-state index < -0.39 is 0 Å². The zero-order valence-corrected chi connectivity index (χ0v) is 9.19. The zero-order valence-electron chi connectivity index (χ0n) is 8.37. The molecule has 2 nitrogen and oxygen atoms in total. The molecule has 1 aliphatic heterocycles. The van der Waals surface area contributed by atoms with Gasteiger partial charge >= 0.3 is 0 Å². The summed E-state index contributed by atoms with van der Waals surface area (Å²) in [7, 11) is 0. The normalized spacial score (nSPS) is 21.6. The smallest absolute Gasteiger partial charge is 0.103 e. The predicted molar refractivity (Wildman–Crippen MR) is 60.8 cm³/mol. The monoisotopic (exact) mass is 211 g/mol. The molecule has 1 fully saturated rings. The van der Waals surface area contributed by atoms with E-state index >= 15 is 0 Å². The van der Waals surface area contributed by atoms with E-state index in [2.05, 4.69) is 17.1 Å². The van der Waals surface area contributed by atoms with Gasteiger partial charge in [0, 0.05) is 18.2 Å². The predicted octanol–water partition coefficient (Wildman–Crippen LogP) is 2.31. The summed E-state index contributed by atoms with van der Waals surface area (Å²) < 4.78 is 5.27. The van der Waals surface area contributed by atoms with Crippen molar-refractivity contribution in [2.45, 2.75) is 25.3 Å². The van der Waals surface area contributed by atoms with Gasteiger partial charge in [-0.2, -0.15) is 11.8 Å². The van der Waals surface area contributed by atoms with Gasteiger partial charge in [-0.25, -0.2) is 0 Å². The van der Waals surface area contributed by atoms with Crippen LogP contribution in [0.3, 0.4) is 0 Å². The summed E-state index contributed by atoms with van der Waals surface area (Å²) in [5.41, 5.74) is 0. The van der Waals surface area contributed by atoms with Crippen LogP contribution in [0.5, 0.6) is 0 Å². The Balaban J connectivity index is 1.55. The second-order valence-electron chi connectivity index (χ2n) is 3.70. The van der Waals surface area contributed by atoms with Crippen LogP contribution in [0.1, 0.15) is 18.6 Å². The number of thioether (sulfide) groups is 1. The van der Waals surface area contributed by atoms with E-state index in [0.29, 0.717) is 0 Å². The summed E-state index contributed by atoms with van der Waals surface area (Å²) >= 11 is 2.06. The van der Waals surface area contributed by atoms with Gasteiger partial charge in [0.25, 0.3) is 0 Å². The van der Waals surface area contributed by atoms with Crippen LogP contribution in [0.2, 0.25) is 0 Å². The second-order valence-corrected chi connectivity index (χ2v) is 4.85. The minimum atomic E-state index is 0.761. The molecule has 14 heavy (non-hydrogen) atoms. The van der Waals surface area contributed by atoms with Gasteiger partial charge < -0.3 is 9.73 Å². The number of furan rings is 1. The van der Waals surface area contributed by atoms with Crippen LogP contribution in [0, 0.1) is 0 Å². The number of rotatable bonds is 5. The van der Waals surface area contributed by atoms with Crippen LogP contribution in [0.25, 0.3) is 0 Å². The molecule has 0 amide bonds. The minimum Gasteiger partial charge on any atom is -0.469 e. The van der Waals surface area contributed by atoms with Gasteiger partial charge in [0.2, 0.25) is 0 Å². The third-order valence-corrected chi connectivity index (χ3v) is 3.71. The summed E-state index contributed by atoms with van der Waals surface area (Å²) in [6, 6.07) is 4.76. The van der Waals surface area contributed by atoms with Crippen molar-refractivity contribution in [2.75, 3.05) is 18.1 Å². The fourth-order valence-electron chi connectivity index (χ4n) is 1.72. The van der Waals surface area contributed by atoms with E-state index in [9.17, 15) is 0 Å². The van der Waals surface area contributed by atoms with Crippen LogP contribution >= 0.6 is 11.8 Å². The number of hydrogen-bond donors (Lipinski definition) is 1. The number of nitrogens with one attached hydrogen (secondary N) is 1. The molecule has 2 rings (SSSR count). The second kappa shape index (κ2) is 5.47. The Bertz CT molecular complexity index is 242. The minimum absolute atomic E-state index is 0.761. The van der Waals surface area contributed by atoms with Crippen LogP contribution in [-0.2, 0) is 6.42 Å². The molecule has 0 aliphatic carbocycles. The van der Waals surface area contributed by atoms with Crippen molar-refractivity contribution >= 4 is 11.8 Å². The Morgan fingerprint density at radius 2 is 2.57 bits per heavy atom. The van der Waals surface area contributed by atoms with Gasteiger partial charge in [0.1, 0.15) is 5.76 Å². The standard InChI is InChI=1S/C11H17NOS/c1(3-11-4-2-7-13-11)6-12-10-5-8-14-9-10/h2,4,7,10,12H,1,3,5-6,8-9H2/t10-/m1/s1. The molecular formula is C11H17NOS. The van der Waals surface area contributed by atoms with E-state index in [4.69, 9.17) is 4.42 Å². The molecule has 78 valence electrons. The molecule has 1 atom stereocenters. The molecule has 1 aromatic rings. The molecule has 1 aliphatic rings. The van der Waals surface area contributed by atoms with E-state index in [1.165, 1.54) is 24.3 Å². The first kappa shape index (κ1) is 10.1. The van der Waals surface area contributed by atoms with Crippen LogP contribution in [0.4, 0.5) is 0 Å². The first-order valence-electron chi connectivity index (χ1n) is 5.28. The van der Waals surface area contributed by atoms with Crippen LogP contribution in [-0.4, -0.2) is 24.1 Å². The quantitative estimate of drug-likeness (QED) is 0.757. The van der Waals surface area contributed by atoms with Crippen molar-refractivity contribution < 1.29 is 4.42 Å². The lowest BCUT2D eigenvalue weighted by Gasteiger charge is -2.09. The van der Waals surface area contributed by atoms with E-state index in [1.54, 1.807) is 6.26 Å². The highest BCUT2D eigenvalue weighted by Crippen LogP contribution is 2.16. The largest absolute Gasteiger partial charge is 0.469 e. The average molecular weight is 211 g/mol. The van der Waals surface area contributed by atoms with Gasteiger partial charge in [0.15, 0.2) is 0 Å². The van der Waals surface area contributed by atoms with Crippen molar-refractivity contribution in [3.63, 3.8) is 0 Å². The third-order valence-electron chi connectivity index (χ3n) is 2.54. The fraction of sp³-hybridized carbons (Fsp3) is 0.636. The van der Waals surface area contributed by atoms with Gasteiger partial charge in [-0.15, -0.1) is 0 Å². The topological polar surface area (TPSA) is 25.2 Å². The van der Waals surface area contributed by atoms with Crippen molar-refractivity contribution in [1.29, 1.82) is 0 Å². The number of aryl methyl sites for hydroxylation is 1. The summed E-state index contributed by atoms with van der Waals surface area (Å²) in [5.74, 6) is 3.73. The highest BCUT2D eigenvalue weighted by Gasteiger charge is 2.13. The lowest BCUT2D eigenvalue weighted by molar-refractivity contribution is 0.484. The molecular weight excluding hydrogens is 194 g/mol. The lowest BCUT2D eigenvalue weighted by Crippen LogP contribution is -2.29. The molecule has 0 bridgehead atoms. The molecule has 0 radical (unpaired) electrons. The first-order chi connectivity index (χ1) is 6.95. The fourth-order valence-corrected chi connectivity index (χ4v) is 2.91. The molecule has 0 unspecified atom stereocenters. The van der Waals surface area contributed by atoms with Crippen molar-refractivity contribution in [1.82, 2.24) is 5.32 Å². The van der Waals surface area contributed by atoms with Crippen LogP contribution in [0.15, 0.2) is 22.8 Å². The zero-order chi connectivity index (χ0) is 9.64. The Morgan fingerprint density at radius 1 is 1.57 bits per heavy atom. The van der Waals surface area contributed by atoms with Crippen molar-refractivity contribution in [3.05, 3.63) is 24.2 Å². The third kappa shape index (κ3) is 3.07. The molecule has 1 N–H and O–H groups in total. The maximum Gasteiger partial charge on any atom is 0.103 e. The molecule has 0 aromatic carbocycles. The Labute approximate surface area is 89.4 Å². The van der Waals surface area contributed by atoms with Gasteiger partial charge in [-0.05, 0) is 37.3 Å². The maximum absolute atomic E-state index is 5.27. The highest BCUT2D eigenvalue weighted by atomic mass is 32.2. The molecule has 0 saturated carbocycles. The van der Waals surface area contributed by atoms with Crippen LogP contribution < -0.4 is 5.32 Å². The first-order valence-corrected chi connectivity index (χ1v) is 6.44. The molecule has 0 spiro atoms. The maximum atomic E-state index is 5.27. The summed E-state index contributed by atoms with van der Waals surface area (Å²) in [4.78, 5) is 0. The lowest BCUT2D eigenvalue weighted by atomic mass is 10.2. The van der Waals surface area contributed by atoms with E-state index in [1.807, 2.05) is 12.1 Å². The molecule has 1 saturated heterocycles. The summed E-state index contributed by atoms with van der Waals surface area (Å²) in [6.07, 6.45) is 5.32. The SMILES string of the molecule is c1coc(CCCN[C@@H]2CCSC2)c1. The molecule has 3 heteroatoms. The Hall–Kier alpha value is -0.410. The van der Waals surface area contributed by atoms with Gasteiger partial charge in [-0.3, -0.25) is 0 Å². The summed E-state index contributed by atoms with van der Waals surface area (Å²) in [6.45, 7) is 1.12. The summed E-state index contributed by atoms with van der Waals surface area (Å²) in [5, 5.41) is 3.58. The molecule has 2 heterocycles. The van der Waals surface area contributed by atoms with Crippen molar-refractivity contribution in [3.8, 4) is 0 Å².